The number of nitro groups is 1. The lowest BCUT2D eigenvalue weighted by atomic mass is 10.3. The standard InChI is InChI=1S/C12H18N4O3/c1-13-11-7-10(16(17)18)8-12(14-11)15(5-6-19-2)9-3-4-9/h7-9H,3-6H2,1-2H3,(H,13,14). The van der Waals surface area contributed by atoms with Crippen molar-refractivity contribution >= 4 is 17.3 Å². The highest BCUT2D eigenvalue weighted by atomic mass is 16.6. The fraction of sp³-hybridized carbons (Fsp3) is 0.583. The van der Waals surface area contributed by atoms with Crippen molar-refractivity contribution in [3.05, 3.63) is 22.2 Å². The van der Waals surface area contributed by atoms with E-state index in [1.54, 1.807) is 14.2 Å². The quantitative estimate of drug-likeness (QED) is 0.597. The number of nitrogens with zero attached hydrogens (tertiary/aromatic N) is 3. The van der Waals surface area contributed by atoms with Crippen molar-refractivity contribution < 1.29 is 9.66 Å². The fourth-order valence-corrected chi connectivity index (χ4v) is 1.94. The number of ether oxygens (including phenoxy) is 1. The van der Waals surface area contributed by atoms with Crippen LogP contribution in [-0.4, -0.2) is 43.3 Å². The predicted molar refractivity (Wildman–Crippen MR) is 72.7 cm³/mol. The van der Waals surface area contributed by atoms with Crippen molar-refractivity contribution in [1.29, 1.82) is 0 Å². The van der Waals surface area contributed by atoms with Crippen LogP contribution in [0.15, 0.2) is 12.1 Å². The van der Waals surface area contributed by atoms with Gasteiger partial charge < -0.3 is 15.0 Å². The van der Waals surface area contributed by atoms with E-state index < -0.39 is 4.92 Å². The minimum atomic E-state index is -0.395. The summed E-state index contributed by atoms with van der Waals surface area (Å²) >= 11 is 0. The Morgan fingerprint density at radius 2 is 2.32 bits per heavy atom. The summed E-state index contributed by atoms with van der Waals surface area (Å²) in [5, 5.41) is 13.8. The smallest absolute Gasteiger partial charge is 0.276 e. The summed E-state index contributed by atoms with van der Waals surface area (Å²) in [5.41, 5.74) is 0.0532. The van der Waals surface area contributed by atoms with E-state index >= 15 is 0 Å². The highest BCUT2D eigenvalue weighted by molar-refractivity contribution is 5.56. The first-order valence-electron chi connectivity index (χ1n) is 6.25. The van der Waals surface area contributed by atoms with Gasteiger partial charge >= 0.3 is 0 Å². The molecule has 19 heavy (non-hydrogen) atoms. The highest BCUT2D eigenvalue weighted by Gasteiger charge is 2.30. The number of nitrogens with one attached hydrogen (secondary N) is 1. The zero-order valence-corrected chi connectivity index (χ0v) is 11.1. The van der Waals surface area contributed by atoms with Crippen molar-refractivity contribution in [3.8, 4) is 0 Å². The van der Waals surface area contributed by atoms with Crippen LogP contribution < -0.4 is 10.2 Å². The van der Waals surface area contributed by atoms with Gasteiger partial charge in [0, 0.05) is 26.7 Å². The van der Waals surface area contributed by atoms with Gasteiger partial charge in [0.1, 0.15) is 11.6 Å². The van der Waals surface area contributed by atoms with E-state index in [4.69, 9.17) is 4.74 Å². The number of pyridine rings is 1. The second kappa shape index (κ2) is 5.83. The molecule has 0 saturated heterocycles. The lowest BCUT2D eigenvalue weighted by Gasteiger charge is -2.23. The van der Waals surface area contributed by atoms with Crippen LogP contribution in [0.2, 0.25) is 0 Å². The first-order chi connectivity index (χ1) is 9.15. The van der Waals surface area contributed by atoms with E-state index in [0.717, 1.165) is 12.8 Å². The van der Waals surface area contributed by atoms with Crippen LogP contribution in [-0.2, 0) is 4.74 Å². The summed E-state index contributed by atoms with van der Waals surface area (Å²) in [6.45, 7) is 1.27. The van der Waals surface area contributed by atoms with E-state index in [1.807, 2.05) is 0 Å². The van der Waals surface area contributed by atoms with Crippen LogP contribution in [0, 0.1) is 10.1 Å². The van der Waals surface area contributed by atoms with Gasteiger partial charge in [-0.05, 0) is 12.8 Å². The Morgan fingerprint density at radius 1 is 1.58 bits per heavy atom. The Morgan fingerprint density at radius 3 is 2.84 bits per heavy atom. The minimum Gasteiger partial charge on any atom is -0.383 e. The van der Waals surface area contributed by atoms with Gasteiger partial charge in [0.25, 0.3) is 5.69 Å². The second-order valence-electron chi connectivity index (χ2n) is 4.49. The van der Waals surface area contributed by atoms with Crippen molar-refractivity contribution in [2.45, 2.75) is 18.9 Å². The summed E-state index contributed by atoms with van der Waals surface area (Å²) in [6, 6.07) is 3.38. The molecule has 0 aliphatic heterocycles. The van der Waals surface area contributed by atoms with Gasteiger partial charge in [-0.2, -0.15) is 0 Å². The predicted octanol–water partition coefficient (Wildman–Crippen LogP) is 1.65. The molecule has 1 aliphatic carbocycles. The van der Waals surface area contributed by atoms with Gasteiger partial charge in [0.15, 0.2) is 0 Å². The second-order valence-corrected chi connectivity index (χ2v) is 4.49. The number of anilines is 2. The lowest BCUT2D eigenvalue weighted by Crippen LogP contribution is -2.30. The van der Waals surface area contributed by atoms with Gasteiger partial charge in [-0.15, -0.1) is 0 Å². The van der Waals surface area contributed by atoms with E-state index in [9.17, 15) is 10.1 Å². The topological polar surface area (TPSA) is 80.5 Å². The van der Waals surface area contributed by atoms with Crippen LogP contribution in [0.3, 0.4) is 0 Å². The number of hydrogen-bond acceptors (Lipinski definition) is 6. The fourth-order valence-electron chi connectivity index (χ4n) is 1.94. The maximum Gasteiger partial charge on any atom is 0.276 e. The summed E-state index contributed by atoms with van der Waals surface area (Å²) in [5.74, 6) is 1.14. The Kier molecular flexibility index (Phi) is 4.16. The molecule has 1 aliphatic rings. The van der Waals surface area contributed by atoms with Crippen LogP contribution in [0.4, 0.5) is 17.3 Å². The zero-order valence-electron chi connectivity index (χ0n) is 11.1. The van der Waals surface area contributed by atoms with Crippen LogP contribution in [0.5, 0.6) is 0 Å². The molecule has 1 saturated carbocycles. The van der Waals surface area contributed by atoms with Crippen molar-refractivity contribution in [2.24, 2.45) is 0 Å². The SMILES string of the molecule is CNc1cc([N+](=O)[O-])cc(N(CCOC)C2CC2)n1. The van der Waals surface area contributed by atoms with E-state index in [-0.39, 0.29) is 5.69 Å². The van der Waals surface area contributed by atoms with E-state index in [1.165, 1.54) is 12.1 Å². The molecule has 0 amide bonds. The molecular formula is C12H18N4O3. The third-order valence-corrected chi connectivity index (χ3v) is 3.08. The number of hydrogen-bond donors (Lipinski definition) is 1. The monoisotopic (exact) mass is 266 g/mol. The Bertz CT molecular complexity index is 462. The zero-order chi connectivity index (χ0) is 13.8. The molecule has 0 radical (unpaired) electrons. The van der Waals surface area contributed by atoms with Crippen LogP contribution in [0.25, 0.3) is 0 Å². The first kappa shape index (κ1) is 13.5. The third-order valence-electron chi connectivity index (χ3n) is 3.08. The maximum atomic E-state index is 11.0. The average Bonchev–Trinajstić information content (AvgIpc) is 3.23. The summed E-state index contributed by atoms with van der Waals surface area (Å²) < 4.78 is 5.09. The van der Waals surface area contributed by atoms with Crippen LogP contribution >= 0.6 is 0 Å². The molecule has 1 aromatic rings. The van der Waals surface area contributed by atoms with Crippen molar-refractivity contribution in [3.63, 3.8) is 0 Å². The van der Waals surface area contributed by atoms with Gasteiger partial charge in [0.2, 0.25) is 0 Å². The van der Waals surface area contributed by atoms with Crippen LogP contribution in [0.1, 0.15) is 12.8 Å². The van der Waals surface area contributed by atoms with Gasteiger partial charge in [0.05, 0.1) is 23.7 Å². The first-order valence-corrected chi connectivity index (χ1v) is 6.25. The average molecular weight is 266 g/mol. The highest BCUT2D eigenvalue weighted by Crippen LogP contribution is 2.32. The molecule has 0 spiro atoms. The van der Waals surface area contributed by atoms with E-state index in [0.29, 0.717) is 30.8 Å². The summed E-state index contributed by atoms with van der Waals surface area (Å²) in [6.07, 6.45) is 2.20. The number of aromatic nitrogens is 1. The van der Waals surface area contributed by atoms with E-state index in [2.05, 4.69) is 15.2 Å². The molecule has 104 valence electrons. The summed E-state index contributed by atoms with van der Waals surface area (Å²) in [4.78, 5) is 17.0. The Hall–Kier alpha value is -1.89. The van der Waals surface area contributed by atoms with Crippen molar-refractivity contribution in [1.82, 2.24) is 4.98 Å². The molecule has 0 unspecified atom stereocenters. The molecule has 1 fully saturated rings. The molecule has 1 aromatic heterocycles. The van der Waals surface area contributed by atoms with Crippen molar-refractivity contribution in [2.75, 3.05) is 37.5 Å². The largest absolute Gasteiger partial charge is 0.383 e. The molecule has 7 heteroatoms. The molecule has 1 heterocycles. The number of rotatable bonds is 7. The molecule has 7 nitrogen and oxygen atoms in total. The van der Waals surface area contributed by atoms with Gasteiger partial charge in [-0.1, -0.05) is 0 Å². The van der Waals surface area contributed by atoms with Gasteiger partial charge in [-0.3, -0.25) is 10.1 Å². The number of methoxy groups -OCH3 is 1. The molecule has 0 atom stereocenters. The molecule has 0 aromatic carbocycles. The molecule has 2 rings (SSSR count). The maximum absolute atomic E-state index is 11.0. The molecule has 0 bridgehead atoms. The van der Waals surface area contributed by atoms with Gasteiger partial charge in [-0.25, -0.2) is 4.98 Å². The molecular weight excluding hydrogens is 248 g/mol. The normalized spacial score (nSPS) is 14.2. The Labute approximate surface area is 111 Å². The minimum absolute atomic E-state index is 0.0532. The summed E-state index contributed by atoms with van der Waals surface area (Å²) in [7, 11) is 3.34. The molecule has 1 N–H and O–H groups in total. The Balaban J connectivity index is 2.29. The third kappa shape index (κ3) is 3.31. The lowest BCUT2D eigenvalue weighted by molar-refractivity contribution is -0.384.